The SMILES string of the molecule is CC(C)(C)c1noc(CN(Cc2cccs2)C[C@@H]2CCCO2)n1. The fourth-order valence-corrected chi connectivity index (χ4v) is 3.45. The van der Waals surface area contributed by atoms with Gasteiger partial charge in [0.1, 0.15) is 0 Å². The van der Waals surface area contributed by atoms with Gasteiger partial charge in [0.25, 0.3) is 0 Å². The first-order chi connectivity index (χ1) is 11.0. The molecule has 0 aromatic carbocycles. The van der Waals surface area contributed by atoms with Crippen LogP contribution >= 0.6 is 11.3 Å². The minimum atomic E-state index is -0.0884. The Morgan fingerprint density at radius 1 is 1.35 bits per heavy atom. The maximum Gasteiger partial charge on any atom is 0.240 e. The van der Waals surface area contributed by atoms with E-state index >= 15 is 0 Å². The Labute approximate surface area is 141 Å². The summed E-state index contributed by atoms with van der Waals surface area (Å²) in [6.07, 6.45) is 2.62. The van der Waals surface area contributed by atoms with Crippen LogP contribution in [0.3, 0.4) is 0 Å². The first kappa shape index (κ1) is 16.6. The molecule has 1 aliphatic heterocycles. The summed E-state index contributed by atoms with van der Waals surface area (Å²) < 4.78 is 11.3. The van der Waals surface area contributed by atoms with E-state index in [2.05, 4.69) is 53.3 Å². The molecular weight excluding hydrogens is 310 g/mol. The summed E-state index contributed by atoms with van der Waals surface area (Å²) >= 11 is 1.78. The van der Waals surface area contributed by atoms with Crippen molar-refractivity contribution >= 4 is 11.3 Å². The predicted octanol–water partition coefficient (Wildman–Crippen LogP) is 3.61. The highest BCUT2D eigenvalue weighted by Crippen LogP contribution is 2.21. The van der Waals surface area contributed by atoms with E-state index in [-0.39, 0.29) is 5.41 Å². The molecule has 0 radical (unpaired) electrons. The zero-order valence-corrected chi connectivity index (χ0v) is 14.9. The lowest BCUT2D eigenvalue weighted by atomic mass is 9.96. The summed E-state index contributed by atoms with van der Waals surface area (Å²) in [4.78, 5) is 8.26. The van der Waals surface area contributed by atoms with E-state index in [1.54, 1.807) is 11.3 Å². The summed E-state index contributed by atoms with van der Waals surface area (Å²) in [6.45, 7) is 9.63. The van der Waals surface area contributed by atoms with Gasteiger partial charge in [-0.05, 0) is 24.3 Å². The molecule has 0 amide bonds. The molecule has 0 bridgehead atoms. The van der Waals surface area contributed by atoms with Crippen LogP contribution < -0.4 is 0 Å². The van der Waals surface area contributed by atoms with Crippen LogP contribution in [0.15, 0.2) is 22.0 Å². The Balaban J connectivity index is 1.68. The van der Waals surface area contributed by atoms with Crippen molar-refractivity contribution in [1.29, 1.82) is 0 Å². The number of ether oxygens (including phenoxy) is 1. The average molecular weight is 335 g/mol. The van der Waals surface area contributed by atoms with Crippen LogP contribution in [0.1, 0.15) is 50.2 Å². The lowest BCUT2D eigenvalue weighted by Gasteiger charge is -2.23. The predicted molar refractivity (Wildman–Crippen MR) is 90.4 cm³/mol. The maximum atomic E-state index is 5.79. The summed E-state index contributed by atoms with van der Waals surface area (Å²) in [5, 5.41) is 6.24. The largest absolute Gasteiger partial charge is 0.377 e. The van der Waals surface area contributed by atoms with Crippen molar-refractivity contribution < 1.29 is 9.26 Å². The number of hydrogen-bond donors (Lipinski definition) is 0. The van der Waals surface area contributed by atoms with Crippen molar-refractivity contribution in [1.82, 2.24) is 15.0 Å². The second kappa shape index (κ2) is 7.11. The van der Waals surface area contributed by atoms with Crippen LogP contribution in [0.4, 0.5) is 0 Å². The smallest absolute Gasteiger partial charge is 0.240 e. The van der Waals surface area contributed by atoms with Gasteiger partial charge in [-0.1, -0.05) is 32.0 Å². The molecule has 1 saturated heterocycles. The average Bonchev–Trinajstić information content (AvgIpc) is 3.18. The second-order valence-corrected chi connectivity index (χ2v) is 8.18. The summed E-state index contributed by atoms with van der Waals surface area (Å²) in [6, 6.07) is 4.26. The van der Waals surface area contributed by atoms with E-state index in [0.717, 1.165) is 38.4 Å². The zero-order chi connectivity index (χ0) is 16.3. The number of thiophene rings is 1. The molecule has 2 aromatic rings. The molecular formula is C17H25N3O2S. The molecule has 3 heterocycles. The minimum absolute atomic E-state index is 0.0884. The molecule has 0 saturated carbocycles. The quantitative estimate of drug-likeness (QED) is 0.807. The molecule has 126 valence electrons. The van der Waals surface area contributed by atoms with Crippen LogP contribution in [0, 0.1) is 0 Å². The van der Waals surface area contributed by atoms with E-state index in [1.165, 1.54) is 4.88 Å². The van der Waals surface area contributed by atoms with Gasteiger partial charge in [-0.2, -0.15) is 4.98 Å². The maximum absolute atomic E-state index is 5.79. The Kier molecular flexibility index (Phi) is 5.14. The van der Waals surface area contributed by atoms with Gasteiger partial charge in [0, 0.05) is 30.0 Å². The number of nitrogens with zero attached hydrogens (tertiary/aromatic N) is 3. The van der Waals surface area contributed by atoms with Crippen LogP contribution in [0.2, 0.25) is 0 Å². The van der Waals surface area contributed by atoms with Gasteiger partial charge in [0.2, 0.25) is 5.89 Å². The van der Waals surface area contributed by atoms with Crippen molar-refractivity contribution in [3.63, 3.8) is 0 Å². The molecule has 2 aromatic heterocycles. The van der Waals surface area contributed by atoms with Gasteiger partial charge in [0.15, 0.2) is 5.82 Å². The zero-order valence-electron chi connectivity index (χ0n) is 14.1. The second-order valence-electron chi connectivity index (χ2n) is 7.15. The van der Waals surface area contributed by atoms with Crippen molar-refractivity contribution in [3.05, 3.63) is 34.1 Å². The first-order valence-corrected chi connectivity index (χ1v) is 9.08. The normalized spacial score (nSPS) is 18.9. The van der Waals surface area contributed by atoms with Gasteiger partial charge < -0.3 is 9.26 Å². The van der Waals surface area contributed by atoms with Gasteiger partial charge >= 0.3 is 0 Å². The third kappa shape index (κ3) is 4.62. The Bertz CT molecular complexity index is 598. The van der Waals surface area contributed by atoms with E-state index in [4.69, 9.17) is 9.26 Å². The van der Waals surface area contributed by atoms with E-state index in [1.807, 2.05) is 0 Å². The molecule has 6 heteroatoms. The van der Waals surface area contributed by atoms with Gasteiger partial charge in [0.05, 0.1) is 12.6 Å². The lowest BCUT2D eigenvalue weighted by molar-refractivity contribution is 0.0644. The first-order valence-electron chi connectivity index (χ1n) is 8.20. The summed E-state index contributed by atoms with van der Waals surface area (Å²) in [7, 11) is 0. The van der Waals surface area contributed by atoms with Gasteiger partial charge in [-0.25, -0.2) is 0 Å². The minimum Gasteiger partial charge on any atom is -0.377 e. The highest BCUT2D eigenvalue weighted by atomic mass is 32.1. The molecule has 23 heavy (non-hydrogen) atoms. The van der Waals surface area contributed by atoms with E-state index in [0.29, 0.717) is 18.5 Å². The molecule has 0 spiro atoms. The molecule has 1 atom stereocenters. The molecule has 0 aliphatic carbocycles. The highest BCUT2D eigenvalue weighted by Gasteiger charge is 2.24. The van der Waals surface area contributed by atoms with Crippen LogP contribution in [0.5, 0.6) is 0 Å². The molecule has 1 fully saturated rings. The Hall–Kier alpha value is -1.24. The summed E-state index contributed by atoms with van der Waals surface area (Å²) in [5.41, 5.74) is -0.0884. The Morgan fingerprint density at radius 3 is 2.83 bits per heavy atom. The standard InChI is InChI=1S/C17H25N3O2S/c1-17(2,3)16-18-15(22-19-16)12-20(10-13-6-4-8-21-13)11-14-7-5-9-23-14/h5,7,9,13H,4,6,8,10-12H2,1-3H3/t13-/m0/s1. The lowest BCUT2D eigenvalue weighted by Crippen LogP contribution is -2.31. The Morgan fingerprint density at radius 2 is 2.22 bits per heavy atom. The fraction of sp³-hybridized carbons (Fsp3) is 0.647. The number of hydrogen-bond acceptors (Lipinski definition) is 6. The van der Waals surface area contributed by atoms with Gasteiger partial charge in [-0.15, -0.1) is 11.3 Å². The van der Waals surface area contributed by atoms with Crippen LogP contribution in [-0.2, 0) is 23.2 Å². The van der Waals surface area contributed by atoms with Crippen molar-refractivity contribution in [2.24, 2.45) is 0 Å². The van der Waals surface area contributed by atoms with Crippen LogP contribution in [-0.4, -0.2) is 34.3 Å². The van der Waals surface area contributed by atoms with E-state index < -0.39 is 0 Å². The fourth-order valence-electron chi connectivity index (χ4n) is 2.70. The van der Waals surface area contributed by atoms with Crippen molar-refractivity contribution in [2.45, 2.75) is 58.2 Å². The molecule has 0 N–H and O–H groups in total. The number of aromatic nitrogens is 2. The van der Waals surface area contributed by atoms with E-state index in [9.17, 15) is 0 Å². The number of rotatable bonds is 6. The third-order valence-electron chi connectivity index (χ3n) is 3.94. The monoisotopic (exact) mass is 335 g/mol. The molecule has 1 aliphatic rings. The van der Waals surface area contributed by atoms with Crippen LogP contribution in [0.25, 0.3) is 0 Å². The molecule has 5 nitrogen and oxygen atoms in total. The van der Waals surface area contributed by atoms with Crippen molar-refractivity contribution in [2.75, 3.05) is 13.2 Å². The van der Waals surface area contributed by atoms with Crippen molar-refractivity contribution in [3.8, 4) is 0 Å². The topological polar surface area (TPSA) is 51.4 Å². The third-order valence-corrected chi connectivity index (χ3v) is 4.80. The van der Waals surface area contributed by atoms with Gasteiger partial charge in [-0.3, -0.25) is 4.90 Å². The molecule has 0 unspecified atom stereocenters. The highest BCUT2D eigenvalue weighted by molar-refractivity contribution is 7.09. The summed E-state index contributed by atoms with van der Waals surface area (Å²) in [5.74, 6) is 1.45. The molecule has 3 rings (SSSR count).